The van der Waals surface area contributed by atoms with Crippen molar-refractivity contribution in [1.82, 2.24) is 9.55 Å². The van der Waals surface area contributed by atoms with Crippen LogP contribution in [0.2, 0.25) is 0 Å². The molecule has 1 heterocycles. The van der Waals surface area contributed by atoms with Crippen molar-refractivity contribution in [3.05, 3.63) is 46.5 Å². The maximum Gasteiger partial charge on any atom is 0.127 e. The first kappa shape index (κ1) is 14.1. The molecule has 0 atom stereocenters. The van der Waals surface area contributed by atoms with Crippen molar-refractivity contribution in [2.24, 2.45) is 12.8 Å². The highest BCUT2D eigenvalue weighted by Gasteiger charge is 2.10. The van der Waals surface area contributed by atoms with Crippen LogP contribution < -0.4 is 10.6 Å². The van der Waals surface area contributed by atoms with Crippen molar-refractivity contribution in [3.63, 3.8) is 0 Å². The number of hydrogen-bond acceptors (Lipinski definition) is 3. The molecule has 0 fully saturated rings. The zero-order chi connectivity index (χ0) is 13.8. The summed E-state index contributed by atoms with van der Waals surface area (Å²) < 4.78 is 3.12. The largest absolute Gasteiger partial charge is 0.367 e. The molecule has 0 saturated heterocycles. The quantitative estimate of drug-likeness (QED) is 0.919. The highest BCUT2D eigenvalue weighted by molar-refractivity contribution is 9.10. The summed E-state index contributed by atoms with van der Waals surface area (Å²) in [5.41, 5.74) is 8.14. The van der Waals surface area contributed by atoms with Gasteiger partial charge in [0.25, 0.3) is 0 Å². The third-order valence-corrected chi connectivity index (χ3v) is 3.67. The topological polar surface area (TPSA) is 47.1 Å². The molecule has 19 heavy (non-hydrogen) atoms. The van der Waals surface area contributed by atoms with Gasteiger partial charge in [0.15, 0.2) is 0 Å². The van der Waals surface area contributed by atoms with E-state index in [1.807, 2.05) is 24.0 Å². The van der Waals surface area contributed by atoms with E-state index in [2.05, 4.69) is 51.1 Å². The second-order valence-corrected chi connectivity index (χ2v) is 5.54. The zero-order valence-electron chi connectivity index (χ0n) is 11.3. The molecule has 0 radical (unpaired) electrons. The van der Waals surface area contributed by atoms with Gasteiger partial charge in [0.1, 0.15) is 5.82 Å². The Balaban J connectivity index is 2.24. The van der Waals surface area contributed by atoms with Crippen molar-refractivity contribution in [2.45, 2.75) is 13.0 Å². The number of aryl methyl sites for hydroxylation is 1. The van der Waals surface area contributed by atoms with E-state index in [9.17, 15) is 0 Å². The summed E-state index contributed by atoms with van der Waals surface area (Å²) in [6, 6.07) is 6.32. The summed E-state index contributed by atoms with van der Waals surface area (Å²) in [4.78, 5) is 6.57. The molecule has 2 aromatic rings. The average Bonchev–Trinajstić information content (AvgIpc) is 2.77. The van der Waals surface area contributed by atoms with Crippen molar-refractivity contribution in [2.75, 3.05) is 18.5 Å². The smallest absolute Gasteiger partial charge is 0.127 e. The summed E-state index contributed by atoms with van der Waals surface area (Å²) in [6.45, 7) is 1.43. The van der Waals surface area contributed by atoms with Crippen molar-refractivity contribution in [3.8, 4) is 0 Å². The molecule has 0 bridgehead atoms. The predicted molar refractivity (Wildman–Crippen MR) is 82.2 cm³/mol. The molecule has 5 heteroatoms. The normalized spacial score (nSPS) is 10.7. The van der Waals surface area contributed by atoms with Crippen LogP contribution in [-0.2, 0) is 20.0 Å². The molecule has 2 rings (SSSR count). The van der Waals surface area contributed by atoms with Gasteiger partial charge in [-0.2, -0.15) is 0 Å². The van der Waals surface area contributed by atoms with E-state index in [4.69, 9.17) is 5.73 Å². The lowest BCUT2D eigenvalue weighted by Crippen LogP contribution is -2.21. The molecule has 0 spiro atoms. The summed E-state index contributed by atoms with van der Waals surface area (Å²) in [5, 5.41) is 0. The second-order valence-electron chi connectivity index (χ2n) is 4.62. The van der Waals surface area contributed by atoms with Crippen molar-refractivity contribution >= 4 is 21.6 Å². The molecule has 0 amide bonds. The van der Waals surface area contributed by atoms with E-state index in [0.717, 1.165) is 23.3 Å². The Morgan fingerprint density at radius 1 is 1.42 bits per heavy atom. The lowest BCUT2D eigenvalue weighted by molar-refractivity contribution is 0.758. The number of anilines is 1. The highest BCUT2D eigenvalue weighted by atomic mass is 79.9. The van der Waals surface area contributed by atoms with Gasteiger partial charge in [-0.25, -0.2) is 4.98 Å². The molecule has 2 N–H and O–H groups in total. The molecule has 0 aliphatic carbocycles. The van der Waals surface area contributed by atoms with Crippen LogP contribution in [0.3, 0.4) is 0 Å². The van der Waals surface area contributed by atoms with Crippen LogP contribution in [0.15, 0.2) is 35.1 Å². The Morgan fingerprint density at radius 3 is 2.84 bits per heavy atom. The minimum absolute atomic E-state index is 0.658. The molecule has 0 aliphatic heterocycles. The van der Waals surface area contributed by atoms with Gasteiger partial charge in [-0.1, -0.05) is 22.0 Å². The summed E-state index contributed by atoms with van der Waals surface area (Å²) in [5.74, 6) is 1.04. The number of imidazole rings is 1. The minimum Gasteiger partial charge on any atom is -0.367 e. The first-order valence-corrected chi connectivity index (χ1v) is 7.07. The predicted octanol–water partition coefficient (Wildman–Crippen LogP) is 2.32. The fourth-order valence-corrected chi connectivity index (χ4v) is 2.45. The number of rotatable bonds is 5. The highest BCUT2D eigenvalue weighted by Crippen LogP contribution is 2.25. The summed E-state index contributed by atoms with van der Waals surface area (Å²) >= 11 is 3.53. The SMILES string of the molecule is CN(Cc1nccn1C)c1cc(Br)ccc1CCN. The van der Waals surface area contributed by atoms with Crippen LogP contribution in [0.1, 0.15) is 11.4 Å². The Labute approximate surface area is 122 Å². The fraction of sp³-hybridized carbons (Fsp3) is 0.357. The molecule has 0 saturated carbocycles. The Morgan fingerprint density at radius 2 is 2.21 bits per heavy atom. The monoisotopic (exact) mass is 322 g/mol. The van der Waals surface area contributed by atoms with Crippen LogP contribution in [-0.4, -0.2) is 23.1 Å². The number of halogens is 1. The van der Waals surface area contributed by atoms with Gasteiger partial charge in [0.2, 0.25) is 0 Å². The third-order valence-electron chi connectivity index (χ3n) is 3.17. The van der Waals surface area contributed by atoms with Crippen LogP contribution in [0.4, 0.5) is 5.69 Å². The first-order valence-electron chi connectivity index (χ1n) is 6.27. The average molecular weight is 323 g/mol. The molecule has 102 valence electrons. The van der Waals surface area contributed by atoms with E-state index in [1.165, 1.54) is 11.3 Å². The second kappa shape index (κ2) is 6.21. The standard InChI is InChI=1S/C14H19BrN4/c1-18-8-7-17-14(18)10-19(2)13-9-12(15)4-3-11(13)5-6-16/h3-4,7-9H,5-6,10,16H2,1-2H3. The molecular weight excluding hydrogens is 304 g/mol. The van der Waals surface area contributed by atoms with E-state index < -0.39 is 0 Å². The number of hydrogen-bond donors (Lipinski definition) is 1. The Kier molecular flexibility index (Phi) is 4.61. The van der Waals surface area contributed by atoms with E-state index >= 15 is 0 Å². The van der Waals surface area contributed by atoms with Gasteiger partial charge in [-0.15, -0.1) is 0 Å². The van der Waals surface area contributed by atoms with Gasteiger partial charge in [-0.3, -0.25) is 0 Å². The number of benzene rings is 1. The maximum absolute atomic E-state index is 5.68. The molecular formula is C14H19BrN4. The number of aromatic nitrogens is 2. The number of nitrogens with zero attached hydrogens (tertiary/aromatic N) is 3. The van der Waals surface area contributed by atoms with Crippen molar-refractivity contribution in [1.29, 1.82) is 0 Å². The first-order chi connectivity index (χ1) is 9.11. The number of nitrogens with two attached hydrogens (primary N) is 1. The van der Waals surface area contributed by atoms with Gasteiger partial charge in [0, 0.05) is 36.6 Å². The minimum atomic E-state index is 0.658. The van der Waals surface area contributed by atoms with E-state index in [-0.39, 0.29) is 0 Å². The zero-order valence-corrected chi connectivity index (χ0v) is 12.9. The Hall–Kier alpha value is -1.33. The lowest BCUT2D eigenvalue weighted by Gasteiger charge is -2.22. The van der Waals surface area contributed by atoms with Crippen LogP contribution in [0.25, 0.3) is 0 Å². The fourth-order valence-electron chi connectivity index (χ4n) is 2.11. The molecule has 4 nitrogen and oxygen atoms in total. The van der Waals surface area contributed by atoms with Gasteiger partial charge in [-0.05, 0) is 30.7 Å². The van der Waals surface area contributed by atoms with E-state index in [1.54, 1.807) is 0 Å². The van der Waals surface area contributed by atoms with Crippen LogP contribution in [0, 0.1) is 0 Å². The lowest BCUT2D eigenvalue weighted by atomic mass is 10.1. The third kappa shape index (κ3) is 3.36. The van der Waals surface area contributed by atoms with E-state index in [0.29, 0.717) is 6.54 Å². The van der Waals surface area contributed by atoms with Crippen LogP contribution in [0.5, 0.6) is 0 Å². The van der Waals surface area contributed by atoms with Gasteiger partial charge < -0.3 is 15.2 Å². The summed E-state index contributed by atoms with van der Waals surface area (Å²) in [7, 11) is 4.09. The maximum atomic E-state index is 5.68. The molecule has 1 aromatic carbocycles. The summed E-state index contributed by atoms with van der Waals surface area (Å²) in [6.07, 6.45) is 4.67. The van der Waals surface area contributed by atoms with Gasteiger partial charge in [0.05, 0.1) is 6.54 Å². The van der Waals surface area contributed by atoms with Crippen LogP contribution >= 0.6 is 15.9 Å². The molecule has 0 unspecified atom stereocenters. The molecule has 1 aromatic heterocycles. The molecule has 0 aliphatic rings. The van der Waals surface area contributed by atoms with Crippen molar-refractivity contribution < 1.29 is 0 Å². The Bertz CT molecular complexity index is 550. The van der Waals surface area contributed by atoms with Gasteiger partial charge >= 0.3 is 0 Å².